The van der Waals surface area contributed by atoms with Crippen molar-refractivity contribution < 1.29 is 4.79 Å². The summed E-state index contributed by atoms with van der Waals surface area (Å²) in [4.78, 5) is 11.9. The van der Waals surface area contributed by atoms with Gasteiger partial charge in [0, 0.05) is 6.04 Å². The Bertz CT molecular complexity index is 380. The van der Waals surface area contributed by atoms with E-state index in [0.717, 1.165) is 37.9 Å². The van der Waals surface area contributed by atoms with Crippen LogP contribution in [0.3, 0.4) is 0 Å². The zero-order valence-corrected chi connectivity index (χ0v) is 11.0. The van der Waals surface area contributed by atoms with Crippen molar-refractivity contribution in [3.63, 3.8) is 0 Å². The number of nitrogens with one attached hydrogen (secondary N) is 2. The number of carbonyl (C=O) groups is 1. The molecule has 1 amide bonds. The Balaban J connectivity index is 1.82. The summed E-state index contributed by atoms with van der Waals surface area (Å²) in [5.41, 5.74) is 2.41. The summed E-state index contributed by atoms with van der Waals surface area (Å²) in [5, 5.41) is 6.42. The van der Waals surface area contributed by atoms with Crippen LogP contribution in [0.5, 0.6) is 0 Å². The number of rotatable bonds is 4. The van der Waals surface area contributed by atoms with Crippen LogP contribution < -0.4 is 10.6 Å². The summed E-state index contributed by atoms with van der Waals surface area (Å²) in [6, 6.07) is 8.68. The van der Waals surface area contributed by atoms with Gasteiger partial charge in [0.15, 0.2) is 0 Å². The summed E-state index contributed by atoms with van der Waals surface area (Å²) >= 11 is 0. The predicted molar refractivity (Wildman–Crippen MR) is 73.6 cm³/mol. The van der Waals surface area contributed by atoms with Gasteiger partial charge in [0.25, 0.3) is 0 Å². The van der Waals surface area contributed by atoms with Crippen LogP contribution in [0, 0.1) is 0 Å². The van der Waals surface area contributed by atoms with E-state index < -0.39 is 0 Å². The summed E-state index contributed by atoms with van der Waals surface area (Å²) in [6.45, 7) is 4.16. The largest absolute Gasteiger partial charge is 0.353 e. The molecule has 0 aromatic heterocycles. The van der Waals surface area contributed by atoms with E-state index in [0.29, 0.717) is 12.5 Å². The first-order chi connectivity index (χ1) is 8.78. The number of carbonyl (C=O) groups excluding carboxylic acids is 1. The fourth-order valence-electron chi connectivity index (χ4n) is 2.32. The third-order valence-corrected chi connectivity index (χ3v) is 3.50. The highest BCUT2D eigenvalue weighted by atomic mass is 16.1. The van der Waals surface area contributed by atoms with Crippen molar-refractivity contribution in [3.05, 3.63) is 35.4 Å². The van der Waals surface area contributed by atoms with Crippen molar-refractivity contribution in [2.75, 3.05) is 13.1 Å². The van der Waals surface area contributed by atoms with Gasteiger partial charge in [-0.15, -0.1) is 0 Å². The lowest BCUT2D eigenvalue weighted by atomic mass is 10.0. The number of amides is 1. The molecule has 1 aliphatic rings. The van der Waals surface area contributed by atoms with E-state index in [1.165, 1.54) is 5.56 Å². The van der Waals surface area contributed by atoms with Crippen LogP contribution in [-0.4, -0.2) is 25.0 Å². The van der Waals surface area contributed by atoms with E-state index in [-0.39, 0.29) is 5.91 Å². The maximum absolute atomic E-state index is 11.9. The molecule has 1 aromatic rings. The van der Waals surface area contributed by atoms with E-state index in [1.807, 2.05) is 0 Å². The molecule has 18 heavy (non-hydrogen) atoms. The highest BCUT2D eigenvalue weighted by molar-refractivity contribution is 5.78. The topological polar surface area (TPSA) is 41.1 Å². The second-order valence-corrected chi connectivity index (χ2v) is 4.94. The minimum absolute atomic E-state index is 0.145. The van der Waals surface area contributed by atoms with Gasteiger partial charge in [0.2, 0.25) is 5.91 Å². The molecule has 0 aliphatic carbocycles. The van der Waals surface area contributed by atoms with Gasteiger partial charge in [-0.25, -0.2) is 0 Å². The van der Waals surface area contributed by atoms with Crippen molar-refractivity contribution in [2.45, 2.75) is 38.6 Å². The monoisotopic (exact) mass is 246 g/mol. The molecule has 0 unspecified atom stereocenters. The SMILES string of the molecule is CCc1ccc(CC(=O)NC2CCNCC2)cc1. The van der Waals surface area contributed by atoms with Crippen molar-refractivity contribution in [1.82, 2.24) is 10.6 Å². The van der Waals surface area contributed by atoms with E-state index in [4.69, 9.17) is 0 Å². The average molecular weight is 246 g/mol. The smallest absolute Gasteiger partial charge is 0.224 e. The highest BCUT2D eigenvalue weighted by Gasteiger charge is 2.15. The lowest BCUT2D eigenvalue weighted by Gasteiger charge is -2.23. The summed E-state index contributed by atoms with van der Waals surface area (Å²) < 4.78 is 0. The number of piperidine rings is 1. The molecule has 0 radical (unpaired) electrons. The Morgan fingerprint density at radius 3 is 2.44 bits per heavy atom. The maximum atomic E-state index is 11.9. The molecule has 1 heterocycles. The molecule has 2 N–H and O–H groups in total. The molecule has 2 rings (SSSR count). The van der Waals surface area contributed by atoms with Gasteiger partial charge in [-0.05, 0) is 43.5 Å². The van der Waals surface area contributed by atoms with Gasteiger partial charge >= 0.3 is 0 Å². The molecule has 0 spiro atoms. The van der Waals surface area contributed by atoms with Gasteiger partial charge in [0.05, 0.1) is 6.42 Å². The molecular formula is C15H22N2O. The molecule has 0 saturated carbocycles. The van der Waals surface area contributed by atoms with E-state index in [2.05, 4.69) is 41.8 Å². The van der Waals surface area contributed by atoms with Crippen LogP contribution in [0.1, 0.15) is 30.9 Å². The first-order valence-corrected chi connectivity index (χ1v) is 6.86. The molecule has 0 bridgehead atoms. The quantitative estimate of drug-likeness (QED) is 0.848. The zero-order chi connectivity index (χ0) is 12.8. The van der Waals surface area contributed by atoms with E-state index in [1.54, 1.807) is 0 Å². The van der Waals surface area contributed by atoms with Crippen LogP contribution in [0.15, 0.2) is 24.3 Å². The molecule has 3 heteroatoms. The van der Waals surface area contributed by atoms with Crippen molar-refractivity contribution >= 4 is 5.91 Å². The number of aryl methyl sites for hydroxylation is 1. The van der Waals surface area contributed by atoms with Gasteiger partial charge in [-0.3, -0.25) is 4.79 Å². The summed E-state index contributed by atoms with van der Waals surface area (Å²) in [7, 11) is 0. The van der Waals surface area contributed by atoms with Crippen LogP contribution in [0.4, 0.5) is 0 Å². The Hall–Kier alpha value is -1.35. The molecule has 1 saturated heterocycles. The van der Waals surface area contributed by atoms with E-state index >= 15 is 0 Å². The van der Waals surface area contributed by atoms with E-state index in [9.17, 15) is 4.79 Å². The normalized spacial score (nSPS) is 16.5. The fraction of sp³-hybridized carbons (Fsp3) is 0.533. The van der Waals surface area contributed by atoms with Gasteiger partial charge in [-0.2, -0.15) is 0 Å². The second kappa shape index (κ2) is 6.55. The van der Waals surface area contributed by atoms with Crippen molar-refractivity contribution in [1.29, 1.82) is 0 Å². The average Bonchev–Trinajstić information content (AvgIpc) is 2.40. The first-order valence-electron chi connectivity index (χ1n) is 6.86. The van der Waals surface area contributed by atoms with Crippen molar-refractivity contribution in [2.24, 2.45) is 0 Å². The number of hydrogen-bond donors (Lipinski definition) is 2. The Morgan fingerprint density at radius 2 is 1.83 bits per heavy atom. The molecule has 0 atom stereocenters. The number of benzene rings is 1. The van der Waals surface area contributed by atoms with Crippen LogP contribution in [-0.2, 0) is 17.6 Å². The Labute approximate surface area is 109 Å². The minimum Gasteiger partial charge on any atom is -0.353 e. The first kappa shape index (κ1) is 13.1. The molecular weight excluding hydrogens is 224 g/mol. The highest BCUT2D eigenvalue weighted by Crippen LogP contribution is 2.07. The molecule has 3 nitrogen and oxygen atoms in total. The van der Waals surface area contributed by atoms with Crippen LogP contribution in [0.25, 0.3) is 0 Å². The standard InChI is InChI=1S/C15H22N2O/c1-2-12-3-5-13(6-4-12)11-15(18)17-14-7-9-16-10-8-14/h3-6,14,16H,2,7-11H2,1H3,(H,17,18). The van der Waals surface area contributed by atoms with Crippen LogP contribution >= 0.6 is 0 Å². The van der Waals surface area contributed by atoms with Crippen molar-refractivity contribution in [3.8, 4) is 0 Å². The molecule has 1 fully saturated rings. The van der Waals surface area contributed by atoms with Gasteiger partial charge < -0.3 is 10.6 Å². The maximum Gasteiger partial charge on any atom is 0.224 e. The third kappa shape index (κ3) is 3.84. The fourth-order valence-corrected chi connectivity index (χ4v) is 2.32. The predicted octanol–water partition coefficient (Wildman–Crippen LogP) is 1.66. The second-order valence-electron chi connectivity index (χ2n) is 4.94. The lowest BCUT2D eigenvalue weighted by Crippen LogP contribution is -2.43. The molecule has 98 valence electrons. The molecule has 1 aromatic carbocycles. The molecule has 1 aliphatic heterocycles. The lowest BCUT2D eigenvalue weighted by molar-refractivity contribution is -0.121. The summed E-state index contributed by atoms with van der Waals surface area (Å²) in [5.74, 6) is 0.145. The summed E-state index contributed by atoms with van der Waals surface area (Å²) in [6.07, 6.45) is 3.62. The Morgan fingerprint density at radius 1 is 1.22 bits per heavy atom. The number of hydrogen-bond acceptors (Lipinski definition) is 2. The van der Waals surface area contributed by atoms with Gasteiger partial charge in [0.1, 0.15) is 0 Å². The zero-order valence-electron chi connectivity index (χ0n) is 11.0. The third-order valence-electron chi connectivity index (χ3n) is 3.50. The van der Waals surface area contributed by atoms with Gasteiger partial charge in [-0.1, -0.05) is 31.2 Å². The Kier molecular flexibility index (Phi) is 4.76. The minimum atomic E-state index is 0.145. The van der Waals surface area contributed by atoms with Crippen LogP contribution in [0.2, 0.25) is 0 Å².